The molecule has 0 heterocycles. The quantitative estimate of drug-likeness (QED) is 0.271. The van der Waals surface area contributed by atoms with Crippen LogP contribution in [0, 0.1) is 0 Å². The summed E-state index contributed by atoms with van der Waals surface area (Å²) in [5.41, 5.74) is -0.326. The molecule has 3 N–H and O–H groups in total. The van der Waals surface area contributed by atoms with Gasteiger partial charge in [-0.15, -0.1) is 0 Å². The maximum absolute atomic E-state index is 13.8. The number of unbranched alkanes of at least 4 members (excludes halogenated alkanes) is 5. The molecular weight excluding hydrogens is 482 g/mol. The number of carbonyl (C=O) groups is 3. The van der Waals surface area contributed by atoms with Gasteiger partial charge in [0, 0.05) is 18.2 Å². The summed E-state index contributed by atoms with van der Waals surface area (Å²) >= 11 is 0. The summed E-state index contributed by atoms with van der Waals surface area (Å²) in [7, 11) is 0. The number of ether oxygens (including phenoxy) is 1. The molecule has 214 valence electrons. The Morgan fingerprint density at radius 2 is 1.66 bits per heavy atom. The number of phenols is 1. The average Bonchev–Trinajstić information content (AvgIpc) is 2.85. The van der Waals surface area contributed by atoms with Crippen molar-refractivity contribution in [1.29, 1.82) is 0 Å². The number of benzene rings is 1. The van der Waals surface area contributed by atoms with E-state index >= 15 is 0 Å². The van der Waals surface area contributed by atoms with Gasteiger partial charge < -0.3 is 25.4 Å². The molecule has 0 radical (unpaired) electrons. The predicted octanol–water partition coefficient (Wildman–Crippen LogP) is 5.98. The summed E-state index contributed by atoms with van der Waals surface area (Å²) in [6.07, 6.45) is 10.5. The van der Waals surface area contributed by atoms with Crippen molar-refractivity contribution in [3.8, 4) is 5.75 Å². The number of nitrogens with one attached hydrogen (secondary N) is 2. The van der Waals surface area contributed by atoms with Crippen molar-refractivity contribution < 1.29 is 24.2 Å². The minimum absolute atomic E-state index is 0.0372. The van der Waals surface area contributed by atoms with E-state index in [1.165, 1.54) is 17.4 Å². The second-order valence-corrected chi connectivity index (χ2v) is 11.5. The fourth-order valence-electron chi connectivity index (χ4n) is 4.92. The molecule has 0 aromatic heterocycles. The first-order valence-electron chi connectivity index (χ1n) is 14.4. The van der Waals surface area contributed by atoms with Gasteiger partial charge in [0.15, 0.2) is 0 Å². The van der Waals surface area contributed by atoms with E-state index in [0.29, 0.717) is 12.1 Å². The highest BCUT2D eigenvalue weighted by molar-refractivity contribution is 5.92. The van der Waals surface area contributed by atoms with Crippen molar-refractivity contribution in [3.63, 3.8) is 0 Å². The molecule has 0 bridgehead atoms. The van der Waals surface area contributed by atoms with Crippen molar-refractivity contribution in [2.24, 2.45) is 0 Å². The highest BCUT2D eigenvalue weighted by Crippen LogP contribution is 2.31. The van der Waals surface area contributed by atoms with Crippen LogP contribution >= 0.6 is 0 Å². The molecule has 8 heteroatoms. The summed E-state index contributed by atoms with van der Waals surface area (Å²) in [6.45, 7) is 9.38. The molecule has 1 aromatic carbocycles. The van der Waals surface area contributed by atoms with Crippen LogP contribution in [0.1, 0.15) is 117 Å². The number of hydrogen-bond donors (Lipinski definition) is 3. The Morgan fingerprint density at radius 3 is 2.29 bits per heavy atom. The second-order valence-electron chi connectivity index (χ2n) is 11.5. The Kier molecular flexibility index (Phi) is 12.9. The molecular formula is C30H49N3O5. The molecule has 1 saturated carbocycles. The number of phenolic OH excluding ortho intramolecular Hbond substituents is 1. The predicted molar refractivity (Wildman–Crippen MR) is 150 cm³/mol. The number of aromatic hydroxyl groups is 1. The summed E-state index contributed by atoms with van der Waals surface area (Å²) in [5.74, 6) is -0.733. The van der Waals surface area contributed by atoms with Gasteiger partial charge in [-0.3, -0.25) is 9.59 Å². The first-order chi connectivity index (χ1) is 18.0. The summed E-state index contributed by atoms with van der Waals surface area (Å²) in [6, 6.07) is 4.80. The minimum Gasteiger partial charge on any atom is -0.508 e. The Morgan fingerprint density at radius 1 is 1.03 bits per heavy atom. The normalized spacial score (nSPS) is 15.8. The third-order valence-electron chi connectivity index (χ3n) is 6.88. The van der Waals surface area contributed by atoms with Crippen molar-refractivity contribution >= 4 is 17.9 Å². The van der Waals surface area contributed by atoms with Crippen molar-refractivity contribution in [2.75, 3.05) is 6.54 Å². The number of nitrogens with zero attached hydrogens (tertiary/aromatic N) is 1. The van der Waals surface area contributed by atoms with Gasteiger partial charge in [0.1, 0.15) is 23.4 Å². The lowest BCUT2D eigenvalue weighted by atomic mass is 9.94. The van der Waals surface area contributed by atoms with Gasteiger partial charge in [0.25, 0.3) is 0 Å². The van der Waals surface area contributed by atoms with Gasteiger partial charge in [-0.2, -0.15) is 0 Å². The van der Waals surface area contributed by atoms with Crippen LogP contribution in [0.5, 0.6) is 5.75 Å². The van der Waals surface area contributed by atoms with E-state index in [1.807, 2.05) is 0 Å². The minimum atomic E-state index is -1.01. The summed E-state index contributed by atoms with van der Waals surface area (Å²) < 4.78 is 5.35. The van der Waals surface area contributed by atoms with Gasteiger partial charge in [-0.25, -0.2) is 4.79 Å². The molecule has 1 fully saturated rings. The maximum atomic E-state index is 13.8. The molecule has 3 amide bonds. The van der Waals surface area contributed by atoms with E-state index in [-0.39, 0.29) is 17.7 Å². The number of amides is 3. The number of rotatable bonds is 13. The van der Waals surface area contributed by atoms with Gasteiger partial charge in [0.05, 0.1) is 0 Å². The van der Waals surface area contributed by atoms with Gasteiger partial charge in [0.2, 0.25) is 11.8 Å². The van der Waals surface area contributed by atoms with E-state index in [1.54, 1.807) is 45.9 Å². The van der Waals surface area contributed by atoms with E-state index in [4.69, 9.17) is 4.74 Å². The molecule has 0 saturated heterocycles. The van der Waals surface area contributed by atoms with E-state index in [2.05, 4.69) is 17.6 Å². The molecule has 1 aliphatic carbocycles. The number of para-hydroxylation sites is 1. The highest BCUT2D eigenvalue weighted by atomic mass is 16.6. The molecule has 0 aliphatic heterocycles. The van der Waals surface area contributed by atoms with Crippen LogP contribution in [0.3, 0.4) is 0 Å². The molecule has 2 unspecified atom stereocenters. The van der Waals surface area contributed by atoms with Gasteiger partial charge >= 0.3 is 6.09 Å². The number of carbonyl (C=O) groups excluding carboxylic acids is 3. The Hall–Kier alpha value is -2.77. The van der Waals surface area contributed by atoms with Crippen LogP contribution in [0.4, 0.5) is 4.79 Å². The van der Waals surface area contributed by atoms with Crippen LogP contribution < -0.4 is 10.6 Å². The van der Waals surface area contributed by atoms with Crippen LogP contribution in [-0.4, -0.2) is 52.1 Å². The average molecular weight is 532 g/mol. The van der Waals surface area contributed by atoms with Crippen LogP contribution in [0.2, 0.25) is 0 Å². The number of alkyl carbamates (subject to hydrolysis) is 1. The zero-order chi connectivity index (χ0) is 28.1. The lowest BCUT2D eigenvalue weighted by molar-refractivity contribution is -0.142. The molecule has 1 aliphatic rings. The fraction of sp³-hybridized carbons (Fsp3) is 0.700. The molecule has 8 nitrogen and oxygen atoms in total. The summed E-state index contributed by atoms with van der Waals surface area (Å²) in [4.78, 5) is 41.6. The zero-order valence-corrected chi connectivity index (χ0v) is 24.1. The molecule has 2 rings (SSSR count). The lowest BCUT2D eigenvalue weighted by Crippen LogP contribution is -2.53. The largest absolute Gasteiger partial charge is 0.508 e. The van der Waals surface area contributed by atoms with Crippen LogP contribution in [0.15, 0.2) is 24.3 Å². The highest BCUT2D eigenvalue weighted by Gasteiger charge is 2.36. The smallest absolute Gasteiger partial charge is 0.408 e. The maximum Gasteiger partial charge on any atom is 0.408 e. The van der Waals surface area contributed by atoms with Crippen LogP contribution in [0.25, 0.3) is 0 Å². The third-order valence-corrected chi connectivity index (χ3v) is 6.88. The Balaban J connectivity index is 2.32. The monoisotopic (exact) mass is 531 g/mol. The molecule has 0 spiro atoms. The summed E-state index contributed by atoms with van der Waals surface area (Å²) in [5, 5.41) is 16.5. The first kappa shape index (κ1) is 31.4. The van der Waals surface area contributed by atoms with E-state index < -0.39 is 29.7 Å². The van der Waals surface area contributed by atoms with E-state index in [9.17, 15) is 19.5 Å². The van der Waals surface area contributed by atoms with Crippen LogP contribution in [-0.2, 0) is 14.3 Å². The first-order valence-corrected chi connectivity index (χ1v) is 14.4. The second kappa shape index (κ2) is 15.6. The van der Waals surface area contributed by atoms with Crippen molar-refractivity contribution in [2.45, 2.75) is 129 Å². The standard InChI is InChI=1S/C30H49N3O5/c1-6-7-8-9-10-16-21-33(28(36)22(2)31-29(37)38-30(3,4)5)26(24-19-14-15-20-25(24)34)27(35)32-23-17-12-11-13-18-23/h14-15,19-20,22-23,26,34H,6-13,16-18,21H2,1-5H3,(H,31,37)(H,32,35). The fourth-order valence-corrected chi connectivity index (χ4v) is 4.92. The third kappa shape index (κ3) is 10.5. The SMILES string of the molecule is CCCCCCCCN(C(=O)C(C)NC(=O)OC(C)(C)C)C(C(=O)NC1CCCCC1)c1ccccc1O. The van der Waals surface area contributed by atoms with Gasteiger partial charge in [-0.1, -0.05) is 76.5 Å². The number of hydrogen-bond acceptors (Lipinski definition) is 5. The van der Waals surface area contributed by atoms with Crippen molar-refractivity contribution in [3.05, 3.63) is 29.8 Å². The molecule has 1 aromatic rings. The Bertz CT molecular complexity index is 892. The lowest BCUT2D eigenvalue weighted by Gasteiger charge is -2.35. The molecule has 38 heavy (non-hydrogen) atoms. The molecule has 2 atom stereocenters. The topological polar surface area (TPSA) is 108 Å². The zero-order valence-electron chi connectivity index (χ0n) is 24.1. The van der Waals surface area contributed by atoms with Crippen molar-refractivity contribution in [1.82, 2.24) is 15.5 Å². The Labute approximate surface area is 228 Å². The van der Waals surface area contributed by atoms with Gasteiger partial charge in [-0.05, 0) is 53.0 Å². The van der Waals surface area contributed by atoms with E-state index in [0.717, 1.165) is 64.2 Å².